The molecule has 1 radical (unpaired) electrons. The van der Waals surface area contributed by atoms with Gasteiger partial charge in [-0.15, -0.1) is 0 Å². The number of alkyl halides is 1. The highest BCUT2D eigenvalue weighted by Gasteiger charge is 2.25. The molecule has 0 heterocycles. The molecule has 2 unspecified atom stereocenters. The Bertz CT molecular complexity index is 226. The number of allylic oxidation sites excluding steroid dienone is 4. The van der Waals surface area contributed by atoms with Gasteiger partial charge in [0.15, 0.2) is 0 Å². The minimum atomic E-state index is -1.38. The average Bonchev–Trinajstić information content (AvgIpc) is 1.95. The molecule has 0 aromatic rings. The zero-order chi connectivity index (χ0) is 8.48. The standard InChI is InChI=1S/C9H10FO/c1-7-5-8(6-11)3-4-9(7,2)10/h3-5,8H,1-2H3. The second kappa shape index (κ2) is 2.61. The maximum Gasteiger partial charge on any atom is 0.209 e. The van der Waals surface area contributed by atoms with Gasteiger partial charge in [0.1, 0.15) is 5.67 Å². The maximum atomic E-state index is 13.3. The van der Waals surface area contributed by atoms with E-state index in [4.69, 9.17) is 0 Å². The van der Waals surface area contributed by atoms with E-state index in [0.29, 0.717) is 5.57 Å². The molecule has 0 fully saturated rings. The summed E-state index contributed by atoms with van der Waals surface area (Å²) >= 11 is 0. The van der Waals surface area contributed by atoms with E-state index < -0.39 is 5.67 Å². The fourth-order valence-electron chi connectivity index (χ4n) is 0.977. The first-order valence-corrected chi connectivity index (χ1v) is 3.51. The highest BCUT2D eigenvalue weighted by atomic mass is 19.1. The van der Waals surface area contributed by atoms with Crippen LogP contribution in [0.5, 0.6) is 0 Å². The summed E-state index contributed by atoms with van der Waals surface area (Å²) in [5.74, 6) is -0.362. The van der Waals surface area contributed by atoms with E-state index in [2.05, 4.69) is 0 Å². The molecule has 0 saturated carbocycles. The van der Waals surface area contributed by atoms with Crippen LogP contribution in [0.2, 0.25) is 0 Å². The fourth-order valence-corrected chi connectivity index (χ4v) is 0.977. The van der Waals surface area contributed by atoms with Gasteiger partial charge in [0.25, 0.3) is 0 Å². The first kappa shape index (κ1) is 8.18. The Morgan fingerprint density at radius 3 is 2.82 bits per heavy atom. The van der Waals surface area contributed by atoms with Crippen LogP contribution in [0, 0.1) is 5.92 Å². The third kappa shape index (κ3) is 1.56. The normalized spacial score (nSPS) is 36.6. The Hall–Kier alpha value is -0.920. The summed E-state index contributed by atoms with van der Waals surface area (Å²) in [5.41, 5.74) is -0.804. The number of halogens is 1. The van der Waals surface area contributed by atoms with Crippen molar-refractivity contribution in [2.75, 3.05) is 0 Å². The summed E-state index contributed by atoms with van der Waals surface area (Å²) in [5, 5.41) is 0. The van der Waals surface area contributed by atoms with Crippen LogP contribution in [0.25, 0.3) is 0 Å². The van der Waals surface area contributed by atoms with Crippen molar-refractivity contribution < 1.29 is 9.18 Å². The second-order valence-corrected chi connectivity index (χ2v) is 2.93. The van der Waals surface area contributed by atoms with Crippen molar-refractivity contribution in [1.82, 2.24) is 0 Å². The van der Waals surface area contributed by atoms with E-state index in [-0.39, 0.29) is 5.92 Å². The van der Waals surface area contributed by atoms with E-state index in [1.165, 1.54) is 19.1 Å². The van der Waals surface area contributed by atoms with Crippen molar-refractivity contribution in [2.45, 2.75) is 19.5 Å². The molecule has 1 rings (SSSR count). The van der Waals surface area contributed by atoms with Crippen LogP contribution in [0.1, 0.15) is 13.8 Å². The molecule has 59 valence electrons. The van der Waals surface area contributed by atoms with Crippen LogP contribution < -0.4 is 0 Å². The summed E-state index contributed by atoms with van der Waals surface area (Å²) in [7, 11) is 0. The highest BCUT2D eigenvalue weighted by Crippen LogP contribution is 2.28. The molecule has 0 aliphatic heterocycles. The summed E-state index contributed by atoms with van der Waals surface area (Å²) in [6.07, 6.45) is 6.31. The first-order chi connectivity index (χ1) is 5.06. The Labute approximate surface area is 65.6 Å². The molecule has 0 N–H and O–H groups in total. The predicted octanol–water partition coefficient (Wildman–Crippen LogP) is 1.96. The summed E-state index contributed by atoms with van der Waals surface area (Å²) < 4.78 is 13.3. The maximum absolute atomic E-state index is 13.3. The van der Waals surface area contributed by atoms with Gasteiger partial charge in [-0.2, -0.15) is 0 Å². The van der Waals surface area contributed by atoms with Gasteiger partial charge in [0, 0.05) is 0 Å². The predicted molar refractivity (Wildman–Crippen MR) is 41.6 cm³/mol. The molecule has 2 atom stereocenters. The fraction of sp³-hybridized carbons (Fsp3) is 0.444. The van der Waals surface area contributed by atoms with Gasteiger partial charge in [-0.1, -0.05) is 12.2 Å². The SMILES string of the molecule is CC1=CC([C]=O)C=CC1(C)F. The van der Waals surface area contributed by atoms with Gasteiger partial charge < -0.3 is 0 Å². The van der Waals surface area contributed by atoms with E-state index in [1.807, 2.05) is 0 Å². The molecule has 1 nitrogen and oxygen atoms in total. The van der Waals surface area contributed by atoms with Crippen molar-refractivity contribution in [3.63, 3.8) is 0 Å². The third-order valence-corrected chi connectivity index (χ3v) is 1.95. The Kier molecular flexibility index (Phi) is 1.94. The lowest BCUT2D eigenvalue weighted by Gasteiger charge is -2.21. The van der Waals surface area contributed by atoms with Gasteiger partial charge in [0.05, 0.1) is 5.92 Å². The largest absolute Gasteiger partial charge is 0.290 e. The van der Waals surface area contributed by atoms with Gasteiger partial charge in [-0.3, -0.25) is 4.79 Å². The summed E-state index contributed by atoms with van der Waals surface area (Å²) in [4.78, 5) is 10.2. The molecule has 1 aliphatic carbocycles. The highest BCUT2D eigenvalue weighted by molar-refractivity contribution is 5.62. The second-order valence-electron chi connectivity index (χ2n) is 2.93. The summed E-state index contributed by atoms with van der Waals surface area (Å²) in [6.45, 7) is 3.14. The van der Waals surface area contributed by atoms with Crippen LogP contribution in [0.15, 0.2) is 23.8 Å². The van der Waals surface area contributed by atoms with Crippen molar-refractivity contribution in [3.8, 4) is 0 Å². The molecular formula is C9H10FO. The van der Waals surface area contributed by atoms with Crippen molar-refractivity contribution >= 4 is 6.29 Å². The molecule has 0 spiro atoms. The van der Waals surface area contributed by atoms with Crippen molar-refractivity contribution in [1.29, 1.82) is 0 Å². The third-order valence-electron chi connectivity index (χ3n) is 1.95. The molecule has 0 aromatic heterocycles. The van der Waals surface area contributed by atoms with E-state index in [9.17, 15) is 9.18 Å². The lowest BCUT2D eigenvalue weighted by molar-refractivity contribution is 0.304. The van der Waals surface area contributed by atoms with Crippen LogP contribution in [-0.2, 0) is 4.79 Å². The Balaban J connectivity index is 2.88. The molecule has 0 bridgehead atoms. The molecule has 0 amide bonds. The average molecular weight is 153 g/mol. The lowest BCUT2D eigenvalue weighted by Crippen LogP contribution is -2.20. The number of carbonyl (C=O) groups excluding carboxylic acids is 1. The van der Waals surface area contributed by atoms with E-state index in [1.54, 1.807) is 19.3 Å². The smallest absolute Gasteiger partial charge is 0.209 e. The Morgan fingerprint density at radius 2 is 2.36 bits per heavy atom. The molecule has 11 heavy (non-hydrogen) atoms. The molecule has 1 aliphatic rings. The minimum Gasteiger partial charge on any atom is -0.290 e. The van der Waals surface area contributed by atoms with E-state index in [0.717, 1.165) is 0 Å². The lowest BCUT2D eigenvalue weighted by atomic mass is 9.89. The zero-order valence-electron chi connectivity index (χ0n) is 6.60. The minimum absolute atomic E-state index is 0.362. The first-order valence-electron chi connectivity index (χ1n) is 3.51. The summed E-state index contributed by atoms with van der Waals surface area (Å²) in [6, 6.07) is 0. The van der Waals surface area contributed by atoms with Crippen LogP contribution in [0.4, 0.5) is 4.39 Å². The monoisotopic (exact) mass is 153 g/mol. The van der Waals surface area contributed by atoms with Crippen LogP contribution >= 0.6 is 0 Å². The molecular weight excluding hydrogens is 143 g/mol. The molecule has 0 aromatic carbocycles. The molecule has 0 saturated heterocycles. The van der Waals surface area contributed by atoms with Gasteiger partial charge >= 0.3 is 0 Å². The van der Waals surface area contributed by atoms with Gasteiger partial charge in [-0.25, -0.2) is 4.39 Å². The van der Waals surface area contributed by atoms with Gasteiger partial charge in [-0.05, 0) is 25.5 Å². The number of hydrogen-bond acceptors (Lipinski definition) is 1. The van der Waals surface area contributed by atoms with Gasteiger partial charge in [0.2, 0.25) is 6.29 Å². The van der Waals surface area contributed by atoms with Crippen molar-refractivity contribution in [3.05, 3.63) is 23.8 Å². The van der Waals surface area contributed by atoms with Crippen LogP contribution in [-0.4, -0.2) is 12.0 Å². The Morgan fingerprint density at radius 1 is 1.73 bits per heavy atom. The number of rotatable bonds is 1. The van der Waals surface area contributed by atoms with Crippen LogP contribution in [0.3, 0.4) is 0 Å². The van der Waals surface area contributed by atoms with Crippen molar-refractivity contribution in [2.24, 2.45) is 5.92 Å². The van der Waals surface area contributed by atoms with E-state index >= 15 is 0 Å². The number of hydrogen-bond donors (Lipinski definition) is 0. The molecule has 2 heteroatoms. The quantitative estimate of drug-likeness (QED) is 0.526. The topological polar surface area (TPSA) is 17.1 Å². The zero-order valence-corrected chi connectivity index (χ0v) is 6.60.